The van der Waals surface area contributed by atoms with Gasteiger partial charge in [-0.3, -0.25) is 19.4 Å². The normalized spacial score (nSPS) is 22.7. The number of halogens is 1. The second-order valence-electron chi connectivity index (χ2n) is 8.61. The number of nitrogens with zero attached hydrogens (tertiary/aromatic N) is 4. The van der Waals surface area contributed by atoms with E-state index in [2.05, 4.69) is 25.3 Å². The van der Waals surface area contributed by atoms with Gasteiger partial charge in [-0.15, -0.1) is 0 Å². The molecule has 0 aromatic heterocycles. The molecule has 9 nitrogen and oxygen atoms in total. The smallest absolute Gasteiger partial charge is 0.324 e. The molecule has 1 aromatic rings. The van der Waals surface area contributed by atoms with E-state index in [1.807, 2.05) is 19.2 Å². The van der Waals surface area contributed by atoms with Gasteiger partial charge in [-0.1, -0.05) is 23.7 Å². The molecule has 3 aliphatic rings. The van der Waals surface area contributed by atoms with Crippen molar-refractivity contribution in [2.24, 2.45) is 0 Å². The number of likely N-dealkylation sites (tertiary alicyclic amines) is 1. The Kier molecular flexibility index (Phi) is 6.47. The highest BCUT2D eigenvalue weighted by Crippen LogP contribution is 2.29. The molecule has 168 valence electrons. The Labute approximate surface area is 187 Å². The fraction of sp³-hybridized carbons (Fsp3) is 0.571. The highest BCUT2D eigenvalue weighted by atomic mass is 35.5. The zero-order valence-electron chi connectivity index (χ0n) is 17.8. The van der Waals surface area contributed by atoms with Gasteiger partial charge in [0.05, 0.1) is 23.9 Å². The Bertz CT molecular complexity index is 849. The van der Waals surface area contributed by atoms with Gasteiger partial charge in [0.15, 0.2) is 0 Å². The van der Waals surface area contributed by atoms with Crippen molar-refractivity contribution < 1.29 is 14.4 Å². The Balaban J connectivity index is 1.25. The number of amides is 4. The van der Waals surface area contributed by atoms with Gasteiger partial charge in [0.25, 0.3) is 5.91 Å². The minimum Gasteiger partial charge on any atom is -0.324 e. The zero-order valence-corrected chi connectivity index (χ0v) is 18.5. The molecule has 0 aliphatic carbocycles. The summed E-state index contributed by atoms with van der Waals surface area (Å²) in [5.74, 6) is -0.216. The van der Waals surface area contributed by atoms with Crippen molar-refractivity contribution in [1.29, 1.82) is 0 Å². The van der Waals surface area contributed by atoms with Crippen LogP contribution in [0.4, 0.5) is 10.5 Å². The number of imide groups is 1. The van der Waals surface area contributed by atoms with Gasteiger partial charge in [0.2, 0.25) is 5.91 Å². The molecule has 4 rings (SSSR count). The van der Waals surface area contributed by atoms with E-state index in [-0.39, 0.29) is 24.4 Å². The lowest BCUT2D eigenvalue weighted by atomic mass is 9.88. The van der Waals surface area contributed by atoms with Gasteiger partial charge in [-0.25, -0.2) is 9.69 Å². The van der Waals surface area contributed by atoms with Crippen LogP contribution in [0.2, 0.25) is 5.02 Å². The molecule has 4 amide bonds. The van der Waals surface area contributed by atoms with E-state index in [1.165, 1.54) is 4.90 Å². The Morgan fingerprint density at radius 3 is 2.39 bits per heavy atom. The highest BCUT2D eigenvalue weighted by Gasteiger charge is 2.52. The lowest BCUT2D eigenvalue weighted by molar-refractivity contribution is -0.134. The number of piperazine rings is 1. The van der Waals surface area contributed by atoms with Crippen LogP contribution in [0, 0.1) is 0 Å². The highest BCUT2D eigenvalue weighted by molar-refractivity contribution is 6.33. The van der Waals surface area contributed by atoms with Gasteiger partial charge in [-0.2, -0.15) is 0 Å². The predicted molar refractivity (Wildman–Crippen MR) is 118 cm³/mol. The van der Waals surface area contributed by atoms with Crippen LogP contribution >= 0.6 is 11.6 Å². The van der Waals surface area contributed by atoms with Gasteiger partial charge in [0.1, 0.15) is 5.54 Å². The summed E-state index contributed by atoms with van der Waals surface area (Å²) in [6.07, 6.45) is 1.30. The summed E-state index contributed by atoms with van der Waals surface area (Å²) in [5, 5.41) is 6.30. The van der Waals surface area contributed by atoms with E-state index in [0.717, 1.165) is 13.1 Å². The van der Waals surface area contributed by atoms with Gasteiger partial charge >= 0.3 is 6.03 Å². The topological polar surface area (TPSA) is 88.2 Å². The van der Waals surface area contributed by atoms with Crippen LogP contribution < -0.4 is 10.6 Å². The van der Waals surface area contributed by atoms with Crippen molar-refractivity contribution in [3.8, 4) is 0 Å². The molecule has 3 fully saturated rings. The summed E-state index contributed by atoms with van der Waals surface area (Å²) >= 11 is 6.09. The van der Waals surface area contributed by atoms with Gasteiger partial charge in [0, 0.05) is 39.3 Å². The first-order chi connectivity index (χ1) is 14.9. The predicted octanol–water partition coefficient (Wildman–Crippen LogP) is 0.870. The molecular weight excluding hydrogens is 420 g/mol. The minimum absolute atomic E-state index is 0.104. The van der Waals surface area contributed by atoms with Gasteiger partial charge in [-0.05, 0) is 32.0 Å². The van der Waals surface area contributed by atoms with Gasteiger partial charge < -0.3 is 15.5 Å². The van der Waals surface area contributed by atoms with Crippen molar-refractivity contribution in [2.75, 3.05) is 64.8 Å². The summed E-state index contributed by atoms with van der Waals surface area (Å²) in [6, 6.07) is 6.86. The number of carbonyl (C=O) groups excluding carboxylic acids is 3. The summed E-state index contributed by atoms with van der Waals surface area (Å²) in [5.41, 5.74) is -0.128. The van der Waals surface area contributed by atoms with Crippen LogP contribution in [0.15, 0.2) is 24.3 Å². The third kappa shape index (κ3) is 4.85. The number of rotatable bonds is 5. The molecule has 3 heterocycles. The van der Waals surface area contributed by atoms with Crippen LogP contribution in [0.1, 0.15) is 12.8 Å². The number of nitrogens with one attached hydrogen (secondary N) is 2. The maximum atomic E-state index is 13.0. The monoisotopic (exact) mass is 448 g/mol. The van der Waals surface area contributed by atoms with E-state index in [0.29, 0.717) is 56.4 Å². The van der Waals surface area contributed by atoms with Crippen molar-refractivity contribution in [3.63, 3.8) is 0 Å². The Hall–Kier alpha value is -2.20. The fourth-order valence-corrected chi connectivity index (χ4v) is 4.57. The maximum Gasteiger partial charge on any atom is 0.326 e. The number of para-hydroxylation sites is 1. The number of anilines is 1. The summed E-state index contributed by atoms with van der Waals surface area (Å²) in [6.45, 7) is 4.92. The van der Waals surface area contributed by atoms with Crippen LogP contribution in [0.3, 0.4) is 0 Å². The van der Waals surface area contributed by atoms with Crippen molar-refractivity contribution in [2.45, 2.75) is 18.4 Å². The number of benzene rings is 1. The number of hydrogen-bond acceptors (Lipinski definition) is 6. The molecule has 3 saturated heterocycles. The standard InChI is InChI=1S/C21H29ClN6O3/c1-25-8-6-21(7-9-25)19(30)28(20(31)24-21)15-27-12-10-26(11-13-27)14-18(29)23-17-5-3-2-4-16(17)22/h2-5H,6-15H2,1H3,(H,23,29)(H,24,31). The molecular formula is C21H29ClN6O3. The first kappa shape index (κ1) is 22.0. The first-order valence-electron chi connectivity index (χ1n) is 10.7. The fourth-order valence-electron chi connectivity index (χ4n) is 4.39. The third-order valence-corrected chi connectivity index (χ3v) is 6.74. The molecule has 0 radical (unpaired) electrons. The molecule has 0 saturated carbocycles. The summed E-state index contributed by atoms with van der Waals surface area (Å²) in [7, 11) is 2.03. The van der Waals surface area contributed by atoms with E-state index in [9.17, 15) is 14.4 Å². The van der Waals surface area contributed by atoms with Crippen molar-refractivity contribution in [3.05, 3.63) is 29.3 Å². The van der Waals surface area contributed by atoms with E-state index in [4.69, 9.17) is 11.6 Å². The molecule has 1 aromatic carbocycles. The third-order valence-electron chi connectivity index (χ3n) is 6.41. The molecule has 0 atom stereocenters. The lowest BCUT2D eigenvalue weighted by Gasteiger charge is -2.37. The first-order valence-corrected chi connectivity index (χ1v) is 11.1. The van der Waals surface area contributed by atoms with Crippen LogP contribution in [-0.4, -0.2) is 103 Å². The number of hydrogen-bond donors (Lipinski definition) is 2. The zero-order chi connectivity index (χ0) is 22.0. The van der Waals surface area contributed by atoms with Crippen LogP contribution in [0.5, 0.6) is 0 Å². The summed E-state index contributed by atoms with van der Waals surface area (Å²) < 4.78 is 0. The Morgan fingerprint density at radius 2 is 1.71 bits per heavy atom. The SMILES string of the molecule is CN1CCC2(CC1)NC(=O)N(CN1CCN(CC(=O)Nc3ccccc3Cl)CC1)C2=O. The largest absolute Gasteiger partial charge is 0.326 e. The molecule has 0 bridgehead atoms. The molecule has 10 heteroatoms. The van der Waals surface area contributed by atoms with Crippen molar-refractivity contribution in [1.82, 2.24) is 24.9 Å². The molecule has 31 heavy (non-hydrogen) atoms. The number of carbonyl (C=O) groups is 3. The van der Waals surface area contributed by atoms with Crippen LogP contribution in [-0.2, 0) is 9.59 Å². The second-order valence-corrected chi connectivity index (χ2v) is 9.02. The van der Waals surface area contributed by atoms with Crippen LogP contribution in [0.25, 0.3) is 0 Å². The Morgan fingerprint density at radius 1 is 1.06 bits per heavy atom. The summed E-state index contributed by atoms with van der Waals surface area (Å²) in [4.78, 5) is 45.5. The van der Waals surface area contributed by atoms with Crippen molar-refractivity contribution >= 4 is 35.1 Å². The lowest BCUT2D eigenvalue weighted by Crippen LogP contribution is -2.55. The van der Waals surface area contributed by atoms with E-state index < -0.39 is 5.54 Å². The molecule has 1 spiro atoms. The quantitative estimate of drug-likeness (QED) is 0.650. The minimum atomic E-state index is -0.734. The van der Waals surface area contributed by atoms with E-state index in [1.54, 1.807) is 12.1 Å². The average Bonchev–Trinajstić information content (AvgIpc) is 2.97. The molecule has 0 unspecified atom stereocenters. The second kappa shape index (κ2) is 9.12. The van der Waals surface area contributed by atoms with E-state index >= 15 is 0 Å². The molecule has 3 aliphatic heterocycles. The maximum absolute atomic E-state index is 13.0. The molecule has 2 N–H and O–H groups in total. The number of urea groups is 1. The number of piperidine rings is 1. The average molecular weight is 449 g/mol.